The molecular weight excluding hydrogens is 238 g/mol. The van der Waals surface area contributed by atoms with Gasteiger partial charge in [-0.2, -0.15) is 0 Å². The van der Waals surface area contributed by atoms with Gasteiger partial charge in [0.25, 0.3) is 0 Å². The molecule has 2 heteroatoms. The highest BCUT2D eigenvalue weighted by molar-refractivity contribution is 7.99. The second kappa shape index (κ2) is 8.60. The van der Waals surface area contributed by atoms with Crippen molar-refractivity contribution in [1.82, 2.24) is 5.32 Å². The first-order chi connectivity index (χ1) is 8.58. The molecule has 0 heterocycles. The standard InChI is InChI=1S/C16H27NS/c1-13(2)9-10-18-16-7-5-15(6-8-16)12-17-11-14(3)4/h5-8,13-14,17H,9-12H2,1-4H3. The summed E-state index contributed by atoms with van der Waals surface area (Å²) in [5.74, 6) is 2.75. The van der Waals surface area contributed by atoms with Crippen LogP contribution in [-0.2, 0) is 6.54 Å². The fraction of sp³-hybridized carbons (Fsp3) is 0.625. The van der Waals surface area contributed by atoms with Crippen molar-refractivity contribution in [2.24, 2.45) is 11.8 Å². The summed E-state index contributed by atoms with van der Waals surface area (Å²) in [6.07, 6.45) is 1.29. The highest BCUT2D eigenvalue weighted by atomic mass is 32.2. The van der Waals surface area contributed by atoms with E-state index in [4.69, 9.17) is 0 Å². The molecule has 0 bridgehead atoms. The van der Waals surface area contributed by atoms with Crippen molar-refractivity contribution in [2.75, 3.05) is 12.3 Å². The molecule has 0 fully saturated rings. The minimum Gasteiger partial charge on any atom is -0.312 e. The summed E-state index contributed by atoms with van der Waals surface area (Å²) in [4.78, 5) is 1.39. The van der Waals surface area contributed by atoms with Crippen molar-refractivity contribution in [3.05, 3.63) is 29.8 Å². The van der Waals surface area contributed by atoms with Gasteiger partial charge in [0, 0.05) is 11.4 Å². The molecule has 0 aliphatic rings. The Morgan fingerprint density at radius 3 is 2.22 bits per heavy atom. The molecule has 0 aromatic heterocycles. The third-order valence-corrected chi connectivity index (χ3v) is 3.81. The molecule has 18 heavy (non-hydrogen) atoms. The van der Waals surface area contributed by atoms with Crippen LogP contribution in [0.5, 0.6) is 0 Å². The summed E-state index contributed by atoms with van der Waals surface area (Å²) in [5, 5.41) is 3.47. The van der Waals surface area contributed by atoms with Gasteiger partial charge in [0.1, 0.15) is 0 Å². The van der Waals surface area contributed by atoms with Gasteiger partial charge in [0.2, 0.25) is 0 Å². The van der Waals surface area contributed by atoms with E-state index in [1.54, 1.807) is 0 Å². The van der Waals surface area contributed by atoms with Gasteiger partial charge in [-0.1, -0.05) is 39.8 Å². The zero-order valence-corrected chi connectivity index (χ0v) is 13.0. The van der Waals surface area contributed by atoms with E-state index in [1.165, 1.54) is 22.6 Å². The molecule has 0 aliphatic carbocycles. The summed E-state index contributed by atoms with van der Waals surface area (Å²) >= 11 is 1.97. The molecular formula is C16H27NS. The van der Waals surface area contributed by atoms with E-state index in [1.807, 2.05) is 11.8 Å². The molecule has 0 unspecified atom stereocenters. The van der Waals surface area contributed by atoms with E-state index >= 15 is 0 Å². The Hall–Kier alpha value is -0.470. The van der Waals surface area contributed by atoms with Crippen molar-refractivity contribution in [1.29, 1.82) is 0 Å². The Bertz CT molecular complexity index is 283. The molecule has 0 atom stereocenters. The second-order valence-corrected chi connectivity index (χ2v) is 6.87. The normalized spacial score (nSPS) is 11.4. The van der Waals surface area contributed by atoms with Crippen LogP contribution >= 0.6 is 11.8 Å². The molecule has 1 nitrogen and oxygen atoms in total. The van der Waals surface area contributed by atoms with Crippen molar-refractivity contribution in [3.8, 4) is 0 Å². The van der Waals surface area contributed by atoms with Crippen molar-refractivity contribution in [3.63, 3.8) is 0 Å². The largest absolute Gasteiger partial charge is 0.312 e. The van der Waals surface area contributed by atoms with Crippen LogP contribution in [0.3, 0.4) is 0 Å². The highest BCUT2D eigenvalue weighted by Gasteiger charge is 1.98. The van der Waals surface area contributed by atoms with Crippen LogP contribution in [-0.4, -0.2) is 12.3 Å². The van der Waals surface area contributed by atoms with Gasteiger partial charge in [-0.05, 0) is 48.3 Å². The highest BCUT2D eigenvalue weighted by Crippen LogP contribution is 2.20. The Morgan fingerprint density at radius 2 is 1.67 bits per heavy atom. The van der Waals surface area contributed by atoms with Gasteiger partial charge in [-0.3, -0.25) is 0 Å². The maximum atomic E-state index is 3.47. The Kier molecular flexibility index (Phi) is 7.45. The van der Waals surface area contributed by atoms with E-state index in [-0.39, 0.29) is 0 Å². The predicted molar refractivity (Wildman–Crippen MR) is 83.2 cm³/mol. The van der Waals surface area contributed by atoms with E-state index in [2.05, 4.69) is 57.3 Å². The van der Waals surface area contributed by atoms with Crippen molar-refractivity contribution < 1.29 is 0 Å². The van der Waals surface area contributed by atoms with Crippen LogP contribution in [0.4, 0.5) is 0 Å². The molecule has 0 spiro atoms. The number of hydrogen-bond acceptors (Lipinski definition) is 2. The van der Waals surface area contributed by atoms with Crippen molar-refractivity contribution >= 4 is 11.8 Å². The fourth-order valence-corrected chi connectivity index (χ4v) is 2.77. The summed E-state index contributed by atoms with van der Waals surface area (Å²) in [6.45, 7) is 11.1. The van der Waals surface area contributed by atoms with E-state index in [9.17, 15) is 0 Å². The van der Waals surface area contributed by atoms with Crippen LogP contribution in [0.2, 0.25) is 0 Å². The quantitative estimate of drug-likeness (QED) is 0.691. The van der Waals surface area contributed by atoms with Crippen LogP contribution in [0.1, 0.15) is 39.7 Å². The maximum absolute atomic E-state index is 3.47. The first kappa shape index (κ1) is 15.6. The molecule has 1 aromatic carbocycles. The molecule has 1 aromatic rings. The lowest BCUT2D eigenvalue weighted by Gasteiger charge is -2.08. The fourth-order valence-electron chi connectivity index (χ4n) is 1.62. The summed E-state index contributed by atoms with van der Waals surface area (Å²) < 4.78 is 0. The molecule has 1 N–H and O–H groups in total. The van der Waals surface area contributed by atoms with Gasteiger partial charge in [-0.25, -0.2) is 0 Å². The van der Waals surface area contributed by atoms with Crippen LogP contribution in [0.25, 0.3) is 0 Å². The lowest BCUT2D eigenvalue weighted by Crippen LogP contribution is -2.18. The zero-order valence-electron chi connectivity index (χ0n) is 12.2. The molecule has 0 saturated carbocycles. The second-order valence-electron chi connectivity index (χ2n) is 5.70. The van der Waals surface area contributed by atoms with E-state index in [0.29, 0.717) is 0 Å². The van der Waals surface area contributed by atoms with E-state index < -0.39 is 0 Å². The summed E-state index contributed by atoms with van der Waals surface area (Å²) in [6, 6.07) is 8.98. The third kappa shape index (κ3) is 7.07. The Balaban J connectivity index is 2.28. The Labute approximate surface area is 117 Å². The number of nitrogens with one attached hydrogen (secondary N) is 1. The first-order valence-corrected chi connectivity index (χ1v) is 7.99. The monoisotopic (exact) mass is 265 g/mol. The summed E-state index contributed by atoms with van der Waals surface area (Å²) in [5.41, 5.74) is 1.38. The number of hydrogen-bond donors (Lipinski definition) is 1. The minimum atomic E-state index is 0.718. The molecule has 102 valence electrons. The number of benzene rings is 1. The predicted octanol–water partition coefficient (Wildman–Crippen LogP) is 4.57. The average molecular weight is 265 g/mol. The smallest absolute Gasteiger partial charge is 0.0205 e. The topological polar surface area (TPSA) is 12.0 Å². The van der Waals surface area contributed by atoms with Crippen LogP contribution in [0.15, 0.2) is 29.2 Å². The molecule has 0 saturated heterocycles. The van der Waals surface area contributed by atoms with Gasteiger partial charge in [0.05, 0.1) is 0 Å². The van der Waals surface area contributed by atoms with Gasteiger partial charge in [0.15, 0.2) is 0 Å². The van der Waals surface area contributed by atoms with E-state index in [0.717, 1.165) is 24.9 Å². The first-order valence-electron chi connectivity index (χ1n) is 7.00. The molecule has 0 aliphatic heterocycles. The van der Waals surface area contributed by atoms with Crippen LogP contribution in [0, 0.1) is 11.8 Å². The maximum Gasteiger partial charge on any atom is 0.0205 e. The summed E-state index contributed by atoms with van der Waals surface area (Å²) in [7, 11) is 0. The van der Waals surface area contributed by atoms with Crippen molar-refractivity contribution in [2.45, 2.75) is 45.6 Å². The molecule has 0 amide bonds. The molecule has 1 rings (SSSR count). The lowest BCUT2D eigenvalue weighted by atomic mass is 10.2. The third-order valence-electron chi connectivity index (χ3n) is 2.77. The van der Waals surface area contributed by atoms with Gasteiger partial charge < -0.3 is 5.32 Å². The number of thioether (sulfide) groups is 1. The Morgan fingerprint density at radius 1 is 1.00 bits per heavy atom. The number of rotatable bonds is 8. The molecule has 0 radical (unpaired) electrons. The lowest BCUT2D eigenvalue weighted by molar-refractivity contribution is 0.552. The SMILES string of the molecule is CC(C)CCSc1ccc(CNCC(C)C)cc1. The van der Waals surface area contributed by atoms with Crippen LogP contribution < -0.4 is 5.32 Å². The minimum absolute atomic E-state index is 0.718. The van der Waals surface area contributed by atoms with Gasteiger partial charge >= 0.3 is 0 Å². The van der Waals surface area contributed by atoms with Gasteiger partial charge in [-0.15, -0.1) is 11.8 Å². The average Bonchev–Trinajstić information content (AvgIpc) is 2.30. The zero-order chi connectivity index (χ0) is 13.4.